The molecule has 114 valence electrons. The summed E-state index contributed by atoms with van der Waals surface area (Å²) in [6.45, 7) is 9.61. The fourth-order valence-electron chi connectivity index (χ4n) is 1.91. The van der Waals surface area contributed by atoms with Gasteiger partial charge in [-0.15, -0.1) is 0 Å². The highest BCUT2D eigenvalue weighted by Crippen LogP contribution is 2.22. The first-order valence-corrected chi connectivity index (χ1v) is 7.34. The van der Waals surface area contributed by atoms with Gasteiger partial charge in [-0.3, -0.25) is 10.1 Å². The Bertz CT molecular complexity index is 371. The summed E-state index contributed by atoms with van der Waals surface area (Å²) in [4.78, 5) is 12.2. The molecule has 0 saturated carbocycles. The van der Waals surface area contributed by atoms with E-state index in [2.05, 4.69) is 4.90 Å². The molecule has 20 heavy (non-hydrogen) atoms. The van der Waals surface area contributed by atoms with Gasteiger partial charge in [0.1, 0.15) is 0 Å². The predicted molar refractivity (Wildman–Crippen MR) is 83.2 cm³/mol. The first-order valence-electron chi connectivity index (χ1n) is 7.34. The Morgan fingerprint density at radius 1 is 1.10 bits per heavy atom. The SMILES string of the molecule is CC.CC.O=[N+]([O-])c1ccc(N2CCC(O)CC2)cc1. The van der Waals surface area contributed by atoms with Crippen LogP contribution in [0.25, 0.3) is 0 Å². The second-order valence-corrected chi connectivity index (χ2v) is 3.99. The molecule has 1 aromatic rings. The van der Waals surface area contributed by atoms with E-state index in [1.165, 1.54) is 12.1 Å². The molecule has 1 heterocycles. The molecule has 1 N–H and O–H groups in total. The average molecular weight is 282 g/mol. The van der Waals surface area contributed by atoms with Crippen LogP contribution in [0.4, 0.5) is 11.4 Å². The molecule has 1 aliphatic heterocycles. The highest BCUT2D eigenvalue weighted by Gasteiger charge is 2.17. The van der Waals surface area contributed by atoms with Gasteiger partial charge >= 0.3 is 0 Å². The van der Waals surface area contributed by atoms with Gasteiger partial charge in [0.2, 0.25) is 0 Å². The van der Waals surface area contributed by atoms with E-state index in [-0.39, 0.29) is 11.8 Å². The van der Waals surface area contributed by atoms with Crippen LogP contribution in [0.2, 0.25) is 0 Å². The van der Waals surface area contributed by atoms with Gasteiger partial charge in [-0.25, -0.2) is 0 Å². The molecule has 1 saturated heterocycles. The van der Waals surface area contributed by atoms with E-state index in [4.69, 9.17) is 0 Å². The first-order chi connectivity index (χ1) is 9.66. The van der Waals surface area contributed by atoms with Gasteiger partial charge in [0.15, 0.2) is 0 Å². The van der Waals surface area contributed by atoms with Crippen LogP contribution in [0.15, 0.2) is 24.3 Å². The molecule has 0 spiro atoms. The van der Waals surface area contributed by atoms with Crippen LogP contribution in [0.3, 0.4) is 0 Å². The molecule has 0 atom stereocenters. The second kappa shape index (κ2) is 10.2. The maximum Gasteiger partial charge on any atom is 0.269 e. The van der Waals surface area contributed by atoms with Crippen LogP contribution < -0.4 is 4.90 Å². The van der Waals surface area contributed by atoms with Crippen molar-refractivity contribution in [3.63, 3.8) is 0 Å². The third-order valence-corrected chi connectivity index (χ3v) is 2.89. The van der Waals surface area contributed by atoms with Crippen molar-refractivity contribution in [2.24, 2.45) is 0 Å². The summed E-state index contributed by atoms with van der Waals surface area (Å²) in [7, 11) is 0. The average Bonchev–Trinajstić information content (AvgIpc) is 2.52. The van der Waals surface area contributed by atoms with E-state index in [0.717, 1.165) is 31.6 Å². The first kappa shape index (κ1) is 18.4. The summed E-state index contributed by atoms with van der Waals surface area (Å²) in [5.41, 5.74) is 1.10. The quantitative estimate of drug-likeness (QED) is 0.664. The fraction of sp³-hybridized carbons (Fsp3) is 0.600. The Kier molecular flexibility index (Phi) is 9.38. The smallest absolute Gasteiger partial charge is 0.269 e. The predicted octanol–water partition coefficient (Wildman–Crippen LogP) is 3.61. The van der Waals surface area contributed by atoms with Crippen molar-refractivity contribution < 1.29 is 10.0 Å². The number of hydrogen-bond acceptors (Lipinski definition) is 4. The van der Waals surface area contributed by atoms with E-state index in [0.29, 0.717) is 0 Å². The maximum atomic E-state index is 10.5. The molecule has 5 heteroatoms. The third-order valence-electron chi connectivity index (χ3n) is 2.89. The molecule has 0 bridgehead atoms. The number of aliphatic hydroxyl groups excluding tert-OH is 1. The number of anilines is 1. The lowest BCUT2D eigenvalue weighted by Gasteiger charge is -2.31. The largest absolute Gasteiger partial charge is 0.393 e. The van der Waals surface area contributed by atoms with Crippen LogP contribution in [-0.2, 0) is 0 Å². The van der Waals surface area contributed by atoms with Crippen LogP contribution in [0, 0.1) is 10.1 Å². The molecule has 1 fully saturated rings. The Labute approximate surface area is 121 Å². The summed E-state index contributed by atoms with van der Waals surface area (Å²) < 4.78 is 0. The van der Waals surface area contributed by atoms with Crippen molar-refractivity contribution in [1.82, 2.24) is 0 Å². The minimum absolute atomic E-state index is 0.112. The standard InChI is InChI=1S/C11H14N2O3.2C2H6/c14-11-5-7-12(8-6-11)9-1-3-10(4-2-9)13(15)16;2*1-2/h1-4,11,14H,5-8H2;2*1-2H3. The van der Waals surface area contributed by atoms with Crippen molar-refractivity contribution in [2.75, 3.05) is 18.0 Å². The van der Waals surface area contributed by atoms with Gasteiger partial charge in [0.25, 0.3) is 5.69 Å². The Morgan fingerprint density at radius 2 is 1.55 bits per heavy atom. The number of non-ortho nitro benzene ring substituents is 1. The van der Waals surface area contributed by atoms with Gasteiger partial charge in [0, 0.05) is 30.9 Å². The van der Waals surface area contributed by atoms with E-state index in [1.54, 1.807) is 12.1 Å². The summed E-state index contributed by atoms with van der Waals surface area (Å²) in [6.07, 6.45) is 1.32. The van der Waals surface area contributed by atoms with E-state index < -0.39 is 4.92 Å². The third kappa shape index (κ3) is 5.57. The van der Waals surface area contributed by atoms with Crippen LogP contribution >= 0.6 is 0 Å². The lowest BCUT2D eigenvalue weighted by Crippen LogP contribution is -2.35. The normalized spacial score (nSPS) is 14.6. The van der Waals surface area contributed by atoms with Gasteiger partial charge in [0.05, 0.1) is 11.0 Å². The molecule has 2 rings (SSSR count). The number of aliphatic hydroxyl groups is 1. The topological polar surface area (TPSA) is 66.6 Å². The van der Waals surface area contributed by atoms with Crippen molar-refractivity contribution >= 4 is 11.4 Å². The Balaban J connectivity index is 0.000000829. The molecule has 0 aromatic heterocycles. The molecule has 0 amide bonds. The Morgan fingerprint density at radius 3 is 1.95 bits per heavy atom. The number of rotatable bonds is 2. The number of benzene rings is 1. The highest BCUT2D eigenvalue weighted by molar-refractivity contribution is 5.51. The zero-order valence-corrected chi connectivity index (χ0v) is 12.9. The van der Waals surface area contributed by atoms with Crippen molar-refractivity contribution in [3.8, 4) is 0 Å². The molecule has 0 unspecified atom stereocenters. The van der Waals surface area contributed by atoms with Gasteiger partial charge in [-0.05, 0) is 25.0 Å². The Hall–Kier alpha value is -1.62. The number of hydrogen-bond donors (Lipinski definition) is 1. The molecular formula is C15H26N2O3. The van der Waals surface area contributed by atoms with Crippen molar-refractivity contribution in [1.29, 1.82) is 0 Å². The zero-order valence-electron chi connectivity index (χ0n) is 12.9. The molecule has 0 radical (unpaired) electrons. The van der Waals surface area contributed by atoms with E-state index in [1.807, 2.05) is 27.7 Å². The zero-order chi connectivity index (χ0) is 15.5. The summed E-state index contributed by atoms with van der Waals surface area (Å²) in [5, 5.41) is 19.9. The van der Waals surface area contributed by atoms with Crippen LogP contribution in [-0.4, -0.2) is 29.2 Å². The number of piperidine rings is 1. The van der Waals surface area contributed by atoms with Gasteiger partial charge in [-0.1, -0.05) is 27.7 Å². The monoisotopic (exact) mass is 282 g/mol. The maximum absolute atomic E-state index is 10.5. The molecule has 0 aliphatic carbocycles. The number of nitro groups is 1. The summed E-state index contributed by atoms with van der Waals surface area (Å²) >= 11 is 0. The van der Waals surface area contributed by atoms with E-state index >= 15 is 0 Å². The highest BCUT2D eigenvalue weighted by atomic mass is 16.6. The van der Waals surface area contributed by atoms with Gasteiger partial charge < -0.3 is 10.0 Å². The lowest BCUT2D eigenvalue weighted by atomic mass is 10.1. The minimum atomic E-state index is -0.399. The lowest BCUT2D eigenvalue weighted by molar-refractivity contribution is -0.384. The van der Waals surface area contributed by atoms with Gasteiger partial charge in [-0.2, -0.15) is 0 Å². The van der Waals surface area contributed by atoms with Crippen molar-refractivity contribution in [3.05, 3.63) is 34.4 Å². The fourth-order valence-corrected chi connectivity index (χ4v) is 1.91. The number of nitro benzene ring substituents is 1. The molecule has 1 aromatic carbocycles. The van der Waals surface area contributed by atoms with Crippen molar-refractivity contribution in [2.45, 2.75) is 46.6 Å². The molecular weight excluding hydrogens is 256 g/mol. The second-order valence-electron chi connectivity index (χ2n) is 3.99. The summed E-state index contributed by atoms with van der Waals surface area (Å²) in [6, 6.07) is 6.55. The minimum Gasteiger partial charge on any atom is -0.393 e. The summed E-state index contributed by atoms with van der Waals surface area (Å²) in [5.74, 6) is 0. The van der Waals surface area contributed by atoms with Crippen LogP contribution in [0.5, 0.6) is 0 Å². The molecule has 5 nitrogen and oxygen atoms in total. The van der Waals surface area contributed by atoms with E-state index in [9.17, 15) is 15.2 Å². The molecule has 1 aliphatic rings. The number of nitrogens with zero attached hydrogens (tertiary/aromatic N) is 2. The van der Waals surface area contributed by atoms with Crippen LogP contribution in [0.1, 0.15) is 40.5 Å².